The number of nitrogens with one attached hydrogen (secondary N) is 2. The van der Waals surface area contributed by atoms with E-state index in [1.807, 2.05) is 31.2 Å². The molecule has 0 unspecified atom stereocenters. The van der Waals surface area contributed by atoms with Crippen LogP contribution < -0.4 is 10.6 Å². The highest BCUT2D eigenvalue weighted by molar-refractivity contribution is 5.96. The molecule has 1 atom stereocenters. The van der Waals surface area contributed by atoms with Crippen LogP contribution in [0.2, 0.25) is 0 Å². The van der Waals surface area contributed by atoms with Crippen LogP contribution in [0.25, 0.3) is 0 Å². The molecule has 1 aliphatic carbocycles. The normalized spacial score (nSPS) is 24.5. The zero-order chi connectivity index (χ0) is 25.9. The largest absolute Gasteiger partial charge is 0.416 e. The van der Waals surface area contributed by atoms with E-state index in [4.69, 9.17) is 0 Å². The van der Waals surface area contributed by atoms with E-state index in [9.17, 15) is 27.9 Å². The Bertz CT molecular complexity index is 1080. The van der Waals surface area contributed by atoms with Gasteiger partial charge in [0, 0.05) is 30.7 Å². The fourth-order valence-electron chi connectivity index (χ4n) is 5.08. The molecular formula is C27H32F3N3O3. The van der Waals surface area contributed by atoms with E-state index in [1.165, 1.54) is 12.1 Å². The summed E-state index contributed by atoms with van der Waals surface area (Å²) in [5.41, 5.74) is 0.266. The van der Waals surface area contributed by atoms with Crippen LogP contribution in [0.3, 0.4) is 0 Å². The van der Waals surface area contributed by atoms with Crippen molar-refractivity contribution in [2.24, 2.45) is 0 Å². The summed E-state index contributed by atoms with van der Waals surface area (Å²) in [6, 6.07) is 12.5. The fourth-order valence-corrected chi connectivity index (χ4v) is 5.08. The molecule has 0 radical (unpaired) electrons. The number of aliphatic hydroxyl groups is 1. The van der Waals surface area contributed by atoms with Gasteiger partial charge < -0.3 is 20.6 Å². The molecule has 194 valence electrons. The Hall–Kier alpha value is -2.91. The van der Waals surface area contributed by atoms with Gasteiger partial charge in [0.25, 0.3) is 5.91 Å². The van der Waals surface area contributed by atoms with Crippen molar-refractivity contribution in [3.05, 3.63) is 70.8 Å². The lowest BCUT2D eigenvalue weighted by atomic mass is 9.77. The molecule has 0 spiro atoms. The molecule has 36 heavy (non-hydrogen) atoms. The van der Waals surface area contributed by atoms with E-state index in [0.29, 0.717) is 25.9 Å². The van der Waals surface area contributed by atoms with Crippen molar-refractivity contribution in [2.75, 3.05) is 19.6 Å². The SMILES string of the molecule is Cc1ccc(C2(O)CCC(N[C@H]3CCN(C(=O)CNC(=O)c4cccc(C(F)(F)F)c4)C3)CC2)cc1. The van der Waals surface area contributed by atoms with E-state index in [2.05, 4.69) is 10.6 Å². The average molecular weight is 504 g/mol. The van der Waals surface area contributed by atoms with Crippen LogP contribution in [0.1, 0.15) is 59.2 Å². The third kappa shape index (κ3) is 6.25. The van der Waals surface area contributed by atoms with Gasteiger partial charge in [0.1, 0.15) is 0 Å². The Morgan fingerprint density at radius 3 is 2.42 bits per heavy atom. The fraction of sp³-hybridized carbons (Fsp3) is 0.481. The monoisotopic (exact) mass is 503 g/mol. The van der Waals surface area contributed by atoms with Crippen molar-refractivity contribution in [1.82, 2.24) is 15.5 Å². The number of rotatable bonds is 6. The van der Waals surface area contributed by atoms with Gasteiger partial charge in [-0.1, -0.05) is 35.9 Å². The van der Waals surface area contributed by atoms with Crippen molar-refractivity contribution in [3.8, 4) is 0 Å². The number of alkyl halides is 3. The van der Waals surface area contributed by atoms with Gasteiger partial charge in [0.2, 0.25) is 5.91 Å². The number of hydrogen-bond donors (Lipinski definition) is 3. The van der Waals surface area contributed by atoms with E-state index in [1.54, 1.807) is 4.90 Å². The van der Waals surface area contributed by atoms with E-state index in [0.717, 1.165) is 42.5 Å². The van der Waals surface area contributed by atoms with Crippen LogP contribution in [-0.2, 0) is 16.6 Å². The standard InChI is InChI=1S/C27H32F3N3O3/c1-18-5-7-20(8-6-18)26(36)12-9-22(10-13-26)32-23-11-14-33(17-23)24(34)16-31-25(35)19-3-2-4-21(15-19)27(28,29)30/h2-8,15,22-23,32,36H,9-14,16-17H2,1H3,(H,31,35)/t22?,23-,26?/m0/s1. The maximum Gasteiger partial charge on any atom is 0.416 e. The van der Waals surface area contributed by atoms with Gasteiger partial charge in [0.15, 0.2) is 0 Å². The van der Waals surface area contributed by atoms with Gasteiger partial charge >= 0.3 is 6.18 Å². The van der Waals surface area contributed by atoms with Gasteiger partial charge in [-0.25, -0.2) is 0 Å². The van der Waals surface area contributed by atoms with E-state index >= 15 is 0 Å². The molecule has 0 bridgehead atoms. The molecule has 3 N–H and O–H groups in total. The second-order valence-electron chi connectivity index (χ2n) is 9.93. The Morgan fingerprint density at radius 2 is 1.75 bits per heavy atom. The first-order valence-electron chi connectivity index (χ1n) is 12.3. The minimum atomic E-state index is -4.54. The first-order chi connectivity index (χ1) is 17.0. The maximum absolute atomic E-state index is 12.9. The van der Waals surface area contributed by atoms with Crippen molar-refractivity contribution in [3.63, 3.8) is 0 Å². The topological polar surface area (TPSA) is 81.7 Å². The molecule has 1 aliphatic heterocycles. The molecule has 9 heteroatoms. The van der Waals surface area contributed by atoms with Gasteiger partial charge in [-0.05, 0) is 62.8 Å². The molecule has 6 nitrogen and oxygen atoms in total. The molecule has 1 heterocycles. The smallest absolute Gasteiger partial charge is 0.385 e. The maximum atomic E-state index is 12.9. The van der Waals surface area contributed by atoms with E-state index < -0.39 is 23.2 Å². The summed E-state index contributed by atoms with van der Waals surface area (Å²) in [7, 11) is 0. The lowest BCUT2D eigenvalue weighted by Gasteiger charge is -2.37. The summed E-state index contributed by atoms with van der Waals surface area (Å²) in [5.74, 6) is -0.983. The number of nitrogens with zero attached hydrogens (tertiary/aromatic N) is 1. The zero-order valence-corrected chi connectivity index (χ0v) is 20.3. The molecule has 2 amide bonds. The van der Waals surface area contributed by atoms with Gasteiger partial charge in [0.05, 0.1) is 17.7 Å². The first kappa shape index (κ1) is 26.2. The third-order valence-electron chi connectivity index (χ3n) is 7.27. The zero-order valence-electron chi connectivity index (χ0n) is 20.3. The van der Waals surface area contributed by atoms with Gasteiger partial charge in [-0.15, -0.1) is 0 Å². The number of likely N-dealkylation sites (tertiary alicyclic amines) is 1. The molecule has 1 saturated carbocycles. The van der Waals surface area contributed by atoms with Crippen LogP contribution in [0, 0.1) is 6.92 Å². The number of carbonyl (C=O) groups excluding carboxylic acids is 2. The molecule has 1 saturated heterocycles. The Morgan fingerprint density at radius 1 is 1.06 bits per heavy atom. The van der Waals surface area contributed by atoms with Crippen LogP contribution in [0.15, 0.2) is 48.5 Å². The van der Waals surface area contributed by atoms with Crippen LogP contribution in [-0.4, -0.2) is 53.5 Å². The number of amides is 2. The number of aryl methyl sites for hydroxylation is 1. The van der Waals surface area contributed by atoms with Crippen molar-refractivity contribution >= 4 is 11.8 Å². The summed E-state index contributed by atoms with van der Waals surface area (Å²) in [6.07, 6.45) is -0.744. The van der Waals surface area contributed by atoms with Crippen molar-refractivity contribution in [1.29, 1.82) is 0 Å². The predicted octanol–water partition coefficient (Wildman–Crippen LogP) is 3.76. The second-order valence-corrected chi connectivity index (χ2v) is 9.93. The highest BCUT2D eigenvalue weighted by Gasteiger charge is 2.36. The Kier molecular flexibility index (Phi) is 7.70. The Labute approximate surface area is 208 Å². The molecule has 4 rings (SSSR count). The van der Waals surface area contributed by atoms with Crippen LogP contribution in [0.4, 0.5) is 13.2 Å². The highest BCUT2D eigenvalue weighted by atomic mass is 19.4. The number of halogens is 3. The summed E-state index contributed by atoms with van der Waals surface area (Å²) in [4.78, 5) is 26.5. The van der Waals surface area contributed by atoms with Gasteiger partial charge in [-0.3, -0.25) is 9.59 Å². The summed E-state index contributed by atoms with van der Waals surface area (Å²) in [6.45, 7) is 2.82. The Balaban J connectivity index is 1.21. The number of benzene rings is 2. The minimum absolute atomic E-state index is 0.128. The lowest BCUT2D eigenvalue weighted by molar-refractivity contribution is -0.137. The molecular weight excluding hydrogens is 471 g/mol. The van der Waals surface area contributed by atoms with Crippen LogP contribution >= 0.6 is 0 Å². The van der Waals surface area contributed by atoms with Crippen LogP contribution in [0.5, 0.6) is 0 Å². The molecule has 2 fully saturated rings. The quantitative estimate of drug-likeness (QED) is 0.561. The third-order valence-corrected chi connectivity index (χ3v) is 7.27. The first-order valence-corrected chi connectivity index (χ1v) is 12.3. The lowest BCUT2D eigenvalue weighted by Crippen LogP contribution is -2.46. The summed E-state index contributed by atoms with van der Waals surface area (Å²) in [5, 5.41) is 17.1. The average Bonchev–Trinajstić information content (AvgIpc) is 3.32. The van der Waals surface area contributed by atoms with Crippen molar-refractivity contribution < 1.29 is 27.9 Å². The van der Waals surface area contributed by atoms with Crippen molar-refractivity contribution in [2.45, 2.75) is 62.9 Å². The van der Waals surface area contributed by atoms with E-state index in [-0.39, 0.29) is 30.1 Å². The summed E-state index contributed by atoms with van der Waals surface area (Å²) >= 11 is 0. The highest BCUT2D eigenvalue weighted by Crippen LogP contribution is 2.37. The molecule has 0 aromatic heterocycles. The summed E-state index contributed by atoms with van der Waals surface area (Å²) < 4.78 is 38.6. The minimum Gasteiger partial charge on any atom is -0.385 e. The molecule has 2 aromatic rings. The number of hydrogen-bond acceptors (Lipinski definition) is 4. The second kappa shape index (κ2) is 10.6. The van der Waals surface area contributed by atoms with Gasteiger partial charge in [-0.2, -0.15) is 13.2 Å². The number of carbonyl (C=O) groups is 2. The molecule has 2 aromatic carbocycles. The molecule has 2 aliphatic rings. The predicted molar refractivity (Wildman–Crippen MR) is 129 cm³/mol.